The van der Waals surface area contributed by atoms with Crippen LogP contribution in [-0.4, -0.2) is 36.1 Å². The summed E-state index contributed by atoms with van der Waals surface area (Å²) in [7, 11) is 0. The zero-order valence-corrected chi connectivity index (χ0v) is 9.45. The van der Waals surface area contributed by atoms with Gasteiger partial charge in [0.1, 0.15) is 0 Å². The van der Waals surface area contributed by atoms with E-state index in [1.165, 1.54) is 0 Å². The van der Waals surface area contributed by atoms with Gasteiger partial charge in [0.2, 0.25) is 0 Å². The summed E-state index contributed by atoms with van der Waals surface area (Å²) in [6.07, 6.45) is -0.661. The van der Waals surface area contributed by atoms with Crippen molar-refractivity contribution >= 4 is 11.6 Å². The van der Waals surface area contributed by atoms with Crippen LogP contribution in [0.3, 0.4) is 0 Å². The van der Waals surface area contributed by atoms with E-state index in [2.05, 4.69) is 0 Å². The second-order valence-corrected chi connectivity index (χ2v) is 4.37. The molecule has 1 atom stereocenters. The van der Waals surface area contributed by atoms with E-state index in [0.717, 1.165) is 32.2 Å². The van der Waals surface area contributed by atoms with E-state index in [1.54, 1.807) is 0 Å². The molecule has 1 saturated heterocycles. The molecule has 0 radical (unpaired) electrons. The van der Waals surface area contributed by atoms with Crippen LogP contribution < -0.4 is 0 Å². The zero-order chi connectivity index (χ0) is 11.3. The molecule has 1 aliphatic rings. The standard InChI is InChI=1S/C10H17ClF3N/c11-8-9-4-2-1-3-6-15(9)7-5-10(12,13)14/h9H,1-8H2. The zero-order valence-electron chi connectivity index (χ0n) is 8.69. The lowest BCUT2D eigenvalue weighted by molar-refractivity contribution is -0.138. The van der Waals surface area contributed by atoms with Crippen molar-refractivity contribution in [2.24, 2.45) is 0 Å². The highest BCUT2D eigenvalue weighted by atomic mass is 35.5. The van der Waals surface area contributed by atoms with Gasteiger partial charge in [-0.1, -0.05) is 12.8 Å². The van der Waals surface area contributed by atoms with Crippen LogP contribution in [0.5, 0.6) is 0 Å². The molecule has 1 rings (SSSR count). The Labute approximate surface area is 93.6 Å². The minimum atomic E-state index is -4.05. The molecule has 0 N–H and O–H groups in total. The maximum Gasteiger partial charge on any atom is 0.390 e. The molecule has 5 heteroatoms. The van der Waals surface area contributed by atoms with Crippen molar-refractivity contribution in [3.8, 4) is 0 Å². The fraction of sp³-hybridized carbons (Fsp3) is 1.00. The lowest BCUT2D eigenvalue weighted by Crippen LogP contribution is -2.38. The van der Waals surface area contributed by atoms with Crippen LogP contribution in [0.25, 0.3) is 0 Å². The fourth-order valence-electron chi connectivity index (χ4n) is 1.98. The predicted molar refractivity (Wildman–Crippen MR) is 55.2 cm³/mol. The smallest absolute Gasteiger partial charge is 0.299 e. The third-order valence-corrected chi connectivity index (χ3v) is 3.22. The molecule has 1 unspecified atom stereocenters. The fourth-order valence-corrected chi connectivity index (χ4v) is 2.33. The molecular weight excluding hydrogens is 227 g/mol. The molecular formula is C10H17ClF3N. The lowest BCUT2D eigenvalue weighted by Gasteiger charge is -2.28. The van der Waals surface area contributed by atoms with Crippen LogP contribution in [0.15, 0.2) is 0 Å². The third kappa shape index (κ3) is 5.07. The van der Waals surface area contributed by atoms with Crippen molar-refractivity contribution in [1.29, 1.82) is 0 Å². The molecule has 0 aliphatic carbocycles. The summed E-state index contributed by atoms with van der Waals surface area (Å²) in [5.41, 5.74) is 0. The van der Waals surface area contributed by atoms with Crippen LogP contribution in [0.2, 0.25) is 0 Å². The average Bonchev–Trinajstić information content (AvgIpc) is 2.37. The second-order valence-electron chi connectivity index (χ2n) is 4.06. The van der Waals surface area contributed by atoms with Gasteiger partial charge in [0.25, 0.3) is 0 Å². The normalized spacial score (nSPS) is 25.2. The molecule has 0 amide bonds. The monoisotopic (exact) mass is 243 g/mol. The number of halogens is 4. The van der Waals surface area contributed by atoms with E-state index in [0.29, 0.717) is 5.88 Å². The van der Waals surface area contributed by atoms with Crippen molar-refractivity contribution in [3.05, 3.63) is 0 Å². The largest absolute Gasteiger partial charge is 0.390 e. The van der Waals surface area contributed by atoms with Crippen LogP contribution in [0, 0.1) is 0 Å². The molecule has 0 bridgehead atoms. The maximum absolute atomic E-state index is 12.1. The van der Waals surface area contributed by atoms with Crippen LogP contribution >= 0.6 is 11.6 Å². The van der Waals surface area contributed by atoms with E-state index in [1.807, 2.05) is 4.90 Å². The van der Waals surface area contributed by atoms with Gasteiger partial charge in [-0.2, -0.15) is 13.2 Å². The molecule has 0 aromatic heterocycles. The number of hydrogen-bond donors (Lipinski definition) is 0. The van der Waals surface area contributed by atoms with Crippen LogP contribution in [0.1, 0.15) is 32.1 Å². The highest BCUT2D eigenvalue weighted by Crippen LogP contribution is 2.23. The van der Waals surface area contributed by atoms with Gasteiger partial charge in [0, 0.05) is 18.5 Å². The Balaban J connectivity index is 2.41. The van der Waals surface area contributed by atoms with E-state index in [9.17, 15) is 13.2 Å². The van der Waals surface area contributed by atoms with Crippen molar-refractivity contribution in [2.75, 3.05) is 19.0 Å². The summed E-state index contributed by atoms with van der Waals surface area (Å²) in [4.78, 5) is 1.90. The first-order valence-corrected chi connectivity index (χ1v) is 5.93. The number of alkyl halides is 4. The molecule has 0 aromatic rings. The Morgan fingerprint density at radius 3 is 2.53 bits per heavy atom. The average molecular weight is 244 g/mol. The van der Waals surface area contributed by atoms with Crippen LogP contribution in [-0.2, 0) is 0 Å². The first-order valence-electron chi connectivity index (χ1n) is 5.39. The minimum Gasteiger partial charge on any atom is -0.299 e. The Morgan fingerprint density at radius 2 is 1.93 bits per heavy atom. The van der Waals surface area contributed by atoms with Gasteiger partial charge in [0.15, 0.2) is 0 Å². The Bertz CT molecular complexity index is 184. The van der Waals surface area contributed by atoms with Gasteiger partial charge >= 0.3 is 6.18 Å². The molecule has 1 nitrogen and oxygen atoms in total. The van der Waals surface area contributed by atoms with E-state index >= 15 is 0 Å². The molecule has 1 heterocycles. The third-order valence-electron chi connectivity index (χ3n) is 2.86. The van der Waals surface area contributed by atoms with E-state index in [4.69, 9.17) is 11.6 Å². The Morgan fingerprint density at radius 1 is 1.20 bits per heavy atom. The SMILES string of the molecule is FC(F)(F)CCN1CCCCCC1CCl. The van der Waals surface area contributed by atoms with Gasteiger partial charge in [0.05, 0.1) is 6.42 Å². The summed E-state index contributed by atoms with van der Waals surface area (Å²) in [5, 5.41) is 0. The first kappa shape index (κ1) is 13.1. The molecule has 15 heavy (non-hydrogen) atoms. The molecule has 0 saturated carbocycles. The van der Waals surface area contributed by atoms with Gasteiger partial charge < -0.3 is 0 Å². The number of hydrogen-bond acceptors (Lipinski definition) is 1. The second kappa shape index (κ2) is 5.94. The number of rotatable bonds is 3. The topological polar surface area (TPSA) is 3.24 Å². The maximum atomic E-state index is 12.1. The van der Waals surface area contributed by atoms with Crippen molar-refractivity contribution in [2.45, 2.75) is 44.3 Å². The van der Waals surface area contributed by atoms with Crippen LogP contribution in [0.4, 0.5) is 13.2 Å². The van der Waals surface area contributed by atoms with E-state index < -0.39 is 12.6 Å². The quantitative estimate of drug-likeness (QED) is 0.687. The molecule has 1 aliphatic heterocycles. The molecule has 0 spiro atoms. The van der Waals surface area contributed by atoms with Crippen molar-refractivity contribution < 1.29 is 13.2 Å². The summed E-state index contributed by atoms with van der Waals surface area (Å²) in [6.45, 7) is 0.856. The Hall–Kier alpha value is 0.0400. The summed E-state index contributed by atoms with van der Waals surface area (Å²) in [5.74, 6) is 0.442. The highest BCUT2D eigenvalue weighted by Gasteiger charge is 2.29. The Kier molecular flexibility index (Phi) is 5.19. The minimum absolute atomic E-state index is 0.0981. The van der Waals surface area contributed by atoms with Gasteiger partial charge in [-0.15, -0.1) is 11.6 Å². The first-order chi connectivity index (χ1) is 7.03. The number of likely N-dealkylation sites (tertiary alicyclic amines) is 1. The summed E-state index contributed by atoms with van der Waals surface area (Å²) < 4.78 is 36.3. The van der Waals surface area contributed by atoms with Gasteiger partial charge in [-0.05, 0) is 19.4 Å². The lowest BCUT2D eigenvalue weighted by atomic mass is 10.1. The van der Waals surface area contributed by atoms with Crippen molar-refractivity contribution in [3.63, 3.8) is 0 Å². The predicted octanol–water partition coefficient (Wildman–Crippen LogP) is 3.42. The summed E-state index contributed by atoms with van der Waals surface area (Å²) >= 11 is 5.77. The van der Waals surface area contributed by atoms with Gasteiger partial charge in [-0.25, -0.2) is 0 Å². The molecule has 0 aromatic carbocycles. The highest BCUT2D eigenvalue weighted by molar-refractivity contribution is 6.18. The number of nitrogens with zero attached hydrogens (tertiary/aromatic N) is 1. The summed E-state index contributed by atoms with van der Waals surface area (Å²) in [6, 6.07) is 0.136. The van der Waals surface area contributed by atoms with Crippen molar-refractivity contribution in [1.82, 2.24) is 4.90 Å². The molecule has 1 fully saturated rings. The van der Waals surface area contributed by atoms with E-state index in [-0.39, 0.29) is 12.6 Å². The molecule has 90 valence electrons. The van der Waals surface area contributed by atoms with Gasteiger partial charge in [-0.3, -0.25) is 4.90 Å².